The first-order chi connectivity index (χ1) is 28.1. The van der Waals surface area contributed by atoms with Gasteiger partial charge in [-0.1, -0.05) is 152 Å². The molecular formula is C53H38N4. The first kappa shape index (κ1) is 35.2. The summed E-state index contributed by atoms with van der Waals surface area (Å²) in [5.74, 6) is 0.644. The van der Waals surface area contributed by atoms with Crippen LogP contribution < -0.4 is 0 Å². The second kappa shape index (κ2) is 15.7. The molecule has 0 N–H and O–H groups in total. The zero-order chi connectivity index (χ0) is 38.6. The number of aromatic nitrogens is 3. The fraction of sp³-hybridized carbons (Fsp3) is 0.0189. The topological polar surface area (TPSA) is 51.0 Å². The first-order valence-corrected chi connectivity index (χ1v) is 19.1. The summed E-state index contributed by atoms with van der Waals surface area (Å²) in [6, 6.07) is 61.8. The normalized spacial score (nSPS) is 11.7. The van der Waals surface area contributed by atoms with Crippen LogP contribution in [0.3, 0.4) is 0 Å². The summed E-state index contributed by atoms with van der Waals surface area (Å²) in [6.07, 6.45) is 7.74. The molecule has 7 aromatic carbocycles. The molecule has 9 aromatic rings. The summed E-state index contributed by atoms with van der Waals surface area (Å²) in [5, 5.41) is 4.78. The van der Waals surface area contributed by atoms with Crippen molar-refractivity contribution in [2.24, 2.45) is 4.99 Å². The van der Waals surface area contributed by atoms with E-state index < -0.39 is 0 Å². The van der Waals surface area contributed by atoms with Crippen LogP contribution in [0.1, 0.15) is 12.5 Å². The van der Waals surface area contributed by atoms with Gasteiger partial charge in [0.15, 0.2) is 5.82 Å². The van der Waals surface area contributed by atoms with Gasteiger partial charge in [-0.25, -0.2) is 9.97 Å². The zero-order valence-corrected chi connectivity index (χ0v) is 31.5. The number of fused-ring (bicyclic) bond motifs is 2. The first-order valence-electron chi connectivity index (χ1n) is 19.1. The lowest BCUT2D eigenvalue weighted by molar-refractivity contribution is 1.18. The highest BCUT2D eigenvalue weighted by molar-refractivity contribution is 6.01. The predicted molar refractivity (Wildman–Crippen MR) is 240 cm³/mol. The molecule has 57 heavy (non-hydrogen) atoms. The van der Waals surface area contributed by atoms with Crippen LogP contribution in [0.2, 0.25) is 0 Å². The van der Waals surface area contributed by atoms with Crippen molar-refractivity contribution in [2.75, 3.05) is 0 Å². The predicted octanol–water partition coefficient (Wildman–Crippen LogP) is 13.8. The van der Waals surface area contributed by atoms with Crippen molar-refractivity contribution in [1.82, 2.24) is 15.0 Å². The van der Waals surface area contributed by atoms with E-state index in [4.69, 9.17) is 9.97 Å². The summed E-state index contributed by atoms with van der Waals surface area (Å²) >= 11 is 0. The van der Waals surface area contributed by atoms with E-state index in [1.807, 2.05) is 49.5 Å². The molecule has 0 spiro atoms. The van der Waals surface area contributed by atoms with Crippen molar-refractivity contribution >= 4 is 34.0 Å². The summed E-state index contributed by atoms with van der Waals surface area (Å²) < 4.78 is 0. The highest BCUT2D eigenvalue weighted by atomic mass is 14.9. The fourth-order valence-electron chi connectivity index (χ4n) is 7.48. The molecule has 4 nitrogen and oxygen atoms in total. The van der Waals surface area contributed by atoms with Crippen molar-refractivity contribution in [1.29, 1.82) is 0 Å². The average molecular weight is 731 g/mol. The Hall–Kier alpha value is -7.56. The molecule has 0 unspecified atom stereocenters. The number of benzene rings is 7. The molecule has 2 heterocycles. The Morgan fingerprint density at radius 2 is 1.00 bits per heavy atom. The monoisotopic (exact) mass is 730 g/mol. The minimum atomic E-state index is 0.644. The molecular weight excluding hydrogens is 693 g/mol. The number of hydrogen-bond donors (Lipinski definition) is 0. The number of aliphatic imine (C=N–C) groups is 1. The third-order valence-corrected chi connectivity index (χ3v) is 10.4. The molecule has 0 saturated carbocycles. The van der Waals surface area contributed by atoms with Crippen molar-refractivity contribution in [3.8, 4) is 67.4 Å². The maximum absolute atomic E-state index is 5.32. The summed E-state index contributed by atoms with van der Waals surface area (Å²) in [6.45, 7) is 5.79. The molecule has 0 radical (unpaired) electrons. The van der Waals surface area contributed by atoms with Crippen molar-refractivity contribution in [3.05, 3.63) is 206 Å². The van der Waals surface area contributed by atoms with Gasteiger partial charge < -0.3 is 0 Å². The van der Waals surface area contributed by atoms with Gasteiger partial charge in [-0.2, -0.15) is 0 Å². The Bertz CT molecular complexity index is 2850. The third kappa shape index (κ3) is 7.20. The van der Waals surface area contributed by atoms with Crippen LogP contribution in [0, 0.1) is 0 Å². The average Bonchev–Trinajstić information content (AvgIpc) is 3.29. The van der Waals surface area contributed by atoms with Gasteiger partial charge in [-0.3, -0.25) is 9.98 Å². The molecule has 0 aliphatic rings. The second-order valence-corrected chi connectivity index (χ2v) is 13.9. The van der Waals surface area contributed by atoms with E-state index in [2.05, 4.69) is 174 Å². The van der Waals surface area contributed by atoms with Gasteiger partial charge in [0.05, 0.1) is 22.8 Å². The quantitative estimate of drug-likeness (QED) is 0.110. The molecule has 0 aliphatic heterocycles. The Kier molecular flexibility index (Phi) is 9.66. The van der Waals surface area contributed by atoms with Gasteiger partial charge in [0, 0.05) is 34.0 Å². The molecule has 2 aromatic heterocycles. The van der Waals surface area contributed by atoms with Crippen LogP contribution in [0.25, 0.3) is 94.7 Å². The van der Waals surface area contributed by atoms with E-state index in [0.717, 1.165) is 72.8 Å². The van der Waals surface area contributed by atoms with Crippen LogP contribution in [-0.2, 0) is 0 Å². The fourth-order valence-corrected chi connectivity index (χ4v) is 7.48. The molecule has 270 valence electrons. The van der Waals surface area contributed by atoms with Gasteiger partial charge in [-0.15, -0.1) is 0 Å². The van der Waals surface area contributed by atoms with Gasteiger partial charge in [-0.05, 0) is 99.9 Å². The molecule has 0 saturated heterocycles. The number of pyridine rings is 1. The van der Waals surface area contributed by atoms with E-state index in [-0.39, 0.29) is 0 Å². The van der Waals surface area contributed by atoms with Crippen LogP contribution >= 0.6 is 0 Å². The Labute approximate surface area is 333 Å². The van der Waals surface area contributed by atoms with E-state index in [1.165, 1.54) is 21.5 Å². The molecule has 0 fully saturated rings. The largest absolute Gasteiger partial charge is 0.264 e. The number of allylic oxidation sites excluding steroid dienone is 3. The zero-order valence-electron chi connectivity index (χ0n) is 31.5. The van der Waals surface area contributed by atoms with Crippen LogP contribution in [0.5, 0.6) is 0 Å². The van der Waals surface area contributed by atoms with E-state index >= 15 is 0 Å². The summed E-state index contributed by atoms with van der Waals surface area (Å²) in [5.41, 5.74) is 12.8. The van der Waals surface area contributed by atoms with Gasteiger partial charge in [0.25, 0.3) is 0 Å². The molecule has 0 bridgehead atoms. The minimum Gasteiger partial charge on any atom is -0.264 e. The maximum atomic E-state index is 5.32. The van der Waals surface area contributed by atoms with E-state index in [9.17, 15) is 0 Å². The van der Waals surface area contributed by atoms with Crippen LogP contribution in [0.15, 0.2) is 205 Å². The highest BCUT2D eigenvalue weighted by Gasteiger charge is 2.16. The van der Waals surface area contributed by atoms with E-state index in [1.54, 1.807) is 0 Å². The summed E-state index contributed by atoms with van der Waals surface area (Å²) in [4.78, 5) is 19.5. The molecule has 4 heteroatoms. The van der Waals surface area contributed by atoms with Crippen LogP contribution in [0.4, 0.5) is 0 Å². The molecule has 9 rings (SSSR count). The molecule has 0 atom stereocenters. The standard InChI is InChI=1S/C53H38N4/c1-3-4-21-49(54-2)38-23-27-40(28-24-38)51-35-52(41-29-25-39(26-30-41)50-22-9-10-31-55-50)57-53(56-51)44-33-42(47-19-11-15-36-13-5-7-17-45(36)47)32-43(34-44)48-20-12-16-37-14-6-8-18-46(37)48/h3-35H,2H2,1H3/b4-3-,49-21-. The van der Waals surface area contributed by atoms with Crippen molar-refractivity contribution in [3.63, 3.8) is 0 Å². The van der Waals surface area contributed by atoms with Crippen molar-refractivity contribution < 1.29 is 0 Å². The Morgan fingerprint density at radius 1 is 0.491 bits per heavy atom. The third-order valence-electron chi connectivity index (χ3n) is 10.4. The summed E-state index contributed by atoms with van der Waals surface area (Å²) in [7, 11) is 0. The van der Waals surface area contributed by atoms with Gasteiger partial charge in [0.2, 0.25) is 0 Å². The lowest BCUT2D eigenvalue weighted by atomic mass is 9.91. The lowest BCUT2D eigenvalue weighted by Crippen LogP contribution is -1.97. The van der Waals surface area contributed by atoms with Gasteiger partial charge >= 0.3 is 0 Å². The highest BCUT2D eigenvalue weighted by Crippen LogP contribution is 2.38. The Morgan fingerprint density at radius 3 is 1.54 bits per heavy atom. The number of hydrogen-bond acceptors (Lipinski definition) is 4. The second-order valence-electron chi connectivity index (χ2n) is 13.9. The lowest BCUT2D eigenvalue weighted by Gasteiger charge is -2.15. The molecule has 0 aliphatic carbocycles. The number of rotatable bonds is 9. The minimum absolute atomic E-state index is 0.644. The SMILES string of the molecule is C=N/C(=C\C=C/C)c1ccc(-c2cc(-c3ccc(-c4ccccn4)cc3)nc(-c3cc(-c4cccc5ccccc45)cc(-c4cccc5ccccc45)c3)n2)cc1. The Balaban J connectivity index is 1.25. The number of nitrogens with zero attached hydrogens (tertiary/aromatic N) is 4. The smallest absolute Gasteiger partial charge is 0.160 e. The van der Waals surface area contributed by atoms with E-state index in [0.29, 0.717) is 5.82 Å². The van der Waals surface area contributed by atoms with Crippen LogP contribution in [-0.4, -0.2) is 21.7 Å². The van der Waals surface area contributed by atoms with Gasteiger partial charge in [0.1, 0.15) is 0 Å². The maximum Gasteiger partial charge on any atom is 0.160 e. The van der Waals surface area contributed by atoms with Crippen molar-refractivity contribution in [2.45, 2.75) is 6.92 Å². The molecule has 0 amide bonds.